The van der Waals surface area contributed by atoms with Gasteiger partial charge in [0, 0.05) is 6.42 Å². The number of hydrazine groups is 1. The molecule has 0 aliphatic carbocycles. The number of carbonyl (C=O) groups excluding carboxylic acids is 4. The molecule has 2 aromatic rings. The van der Waals surface area contributed by atoms with Crippen molar-refractivity contribution in [3.63, 3.8) is 0 Å². The Morgan fingerprint density at radius 2 is 1.55 bits per heavy atom. The zero-order chi connectivity index (χ0) is 22.3. The lowest BCUT2D eigenvalue weighted by molar-refractivity contribution is -0.150. The fraction of sp³-hybridized carbons (Fsp3) is 0.304. The fourth-order valence-corrected chi connectivity index (χ4v) is 3.26. The number of carbonyl (C=O) groups is 4. The van der Waals surface area contributed by atoms with Gasteiger partial charge >= 0.3 is 12.0 Å². The summed E-state index contributed by atoms with van der Waals surface area (Å²) in [6, 6.07) is 18.3. The highest BCUT2D eigenvalue weighted by atomic mass is 16.5. The first-order valence-corrected chi connectivity index (χ1v) is 10.1. The number of aryl methyl sites for hydroxylation is 2. The van der Waals surface area contributed by atoms with Gasteiger partial charge in [-0.2, -0.15) is 5.01 Å². The number of esters is 1. The molecular formula is C23H25N3O5. The molecule has 31 heavy (non-hydrogen) atoms. The van der Waals surface area contributed by atoms with Crippen molar-refractivity contribution in [2.45, 2.75) is 38.1 Å². The monoisotopic (exact) mass is 423 g/mol. The molecule has 1 fully saturated rings. The van der Waals surface area contributed by atoms with Gasteiger partial charge in [0.1, 0.15) is 5.54 Å². The normalized spacial score (nSPS) is 17.9. The Balaban J connectivity index is 1.45. The third kappa shape index (κ3) is 5.91. The zero-order valence-corrected chi connectivity index (χ0v) is 17.3. The number of nitrogens with zero attached hydrogens (tertiary/aromatic N) is 1. The fourth-order valence-electron chi connectivity index (χ4n) is 3.26. The molecule has 1 heterocycles. The van der Waals surface area contributed by atoms with Crippen LogP contribution in [0.3, 0.4) is 0 Å². The van der Waals surface area contributed by atoms with Crippen LogP contribution in [0.2, 0.25) is 0 Å². The quantitative estimate of drug-likeness (QED) is 0.475. The number of benzene rings is 2. The van der Waals surface area contributed by atoms with E-state index in [1.807, 2.05) is 60.7 Å². The standard InChI is InChI=1S/C23H25N3O5/c1-23(15-14-18-10-6-3-7-11-18)21(29)26(22(30)24-23)25-19(27)16-31-20(28)13-12-17-8-4-2-5-9-17/h2-11H,12-16H2,1H3,(H,24,30)(H,25,27)/t23-/m0/s1. The molecule has 8 heteroatoms. The first-order valence-electron chi connectivity index (χ1n) is 10.1. The summed E-state index contributed by atoms with van der Waals surface area (Å²) in [5.74, 6) is -1.86. The number of hydrogen-bond donors (Lipinski definition) is 2. The summed E-state index contributed by atoms with van der Waals surface area (Å²) in [6.07, 6.45) is 1.58. The molecule has 0 aromatic heterocycles. The van der Waals surface area contributed by atoms with Gasteiger partial charge in [0.2, 0.25) is 0 Å². The van der Waals surface area contributed by atoms with Crippen LogP contribution in [0, 0.1) is 0 Å². The van der Waals surface area contributed by atoms with Crippen LogP contribution in [0.5, 0.6) is 0 Å². The molecular weight excluding hydrogens is 398 g/mol. The number of hydrogen-bond acceptors (Lipinski definition) is 5. The summed E-state index contributed by atoms with van der Waals surface area (Å²) < 4.78 is 4.94. The maximum Gasteiger partial charge on any atom is 0.344 e. The average Bonchev–Trinajstić information content (AvgIpc) is 2.99. The van der Waals surface area contributed by atoms with Crippen LogP contribution in [0.15, 0.2) is 60.7 Å². The molecule has 0 saturated carbocycles. The van der Waals surface area contributed by atoms with Gasteiger partial charge in [0.15, 0.2) is 6.61 Å². The Bertz CT molecular complexity index is 948. The van der Waals surface area contributed by atoms with E-state index in [0.29, 0.717) is 24.3 Å². The second-order valence-electron chi connectivity index (χ2n) is 7.57. The van der Waals surface area contributed by atoms with Gasteiger partial charge in [0.25, 0.3) is 11.8 Å². The van der Waals surface area contributed by atoms with Crippen LogP contribution < -0.4 is 10.7 Å². The van der Waals surface area contributed by atoms with Crippen LogP contribution in [-0.2, 0) is 32.0 Å². The van der Waals surface area contributed by atoms with Gasteiger partial charge in [-0.05, 0) is 37.3 Å². The van der Waals surface area contributed by atoms with Crippen molar-refractivity contribution in [3.05, 3.63) is 71.8 Å². The average molecular weight is 423 g/mol. The van der Waals surface area contributed by atoms with Gasteiger partial charge in [-0.3, -0.25) is 19.8 Å². The van der Waals surface area contributed by atoms with E-state index in [1.54, 1.807) is 6.92 Å². The minimum absolute atomic E-state index is 0.123. The smallest absolute Gasteiger partial charge is 0.344 e. The molecule has 2 N–H and O–H groups in total. The summed E-state index contributed by atoms with van der Waals surface area (Å²) in [5, 5.41) is 3.27. The van der Waals surface area contributed by atoms with Crippen molar-refractivity contribution in [2.75, 3.05) is 6.61 Å². The second-order valence-corrected chi connectivity index (χ2v) is 7.57. The largest absolute Gasteiger partial charge is 0.455 e. The summed E-state index contributed by atoms with van der Waals surface area (Å²) >= 11 is 0. The van der Waals surface area contributed by atoms with Gasteiger partial charge in [-0.25, -0.2) is 4.79 Å². The van der Waals surface area contributed by atoms with E-state index in [-0.39, 0.29) is 6.42 Å². The predicted octanol–water partition coefficient (Wildman–Crippen LogP) is 2.14. The molecule has 1 aliphatic heterocycles. The van der Waals surface area contributed by atoms with Gasteiger partial charge in [-0.15, -0.1) is 0 Å². The first-order chi connectivity index (χ1) is 14.9. The molecule has 0 radical (unpaired) electrons. The highest BCUT2D eigenvalue weighted by Gasteiger charge is 2.48. The number of nitrogens with one attached hydrogen (secondary N) is 2. The molecule has 0 unspecified atom stereocenters. The summed E-state index contributed by atoms with van der Waals surface area (Å²) in [6.45, 7) is 1.04. The van der Waals surface area contributed by atoms with E-state index in [0.717, 1.165) is 11.1 Å². The Hall–Kier alpha value is -3.68. The lowest BCUT2D eigenvalue weighted by Gasteiger charge is -2.21. The van der Waals surface area contributed by atoms with E-state index >= 15 is 0 Å². The number of imide groups is 1. The van der Waals surface area contributed by atoms with Crippen molar-refractivity contribution in [1.29, 1.82) is 0 Å². The Morgan fingerprint density at radius 1 is 0.968 bits per heavy atom. The first kappa shape index (κ1) is 22.0. The van der Waals surface area contributed by atoms with Crippen LogP contribution in [0.1, 0.15) is 30.9 Å². The van der Waals surface area contributed by atoms with Crippen molar-refractivity contribution >= 4 is 23.8 Å². The van der Waals surface area contributed by atoms with Gasteiger partial charge in [-0.1, -0.05) is 60.7 Å². The van der Waals surface area contributed by atoms with Gasteiger partial charge < -0.3 is 10.1 Å². The van der Waals surface area contributed by atoms with Crippen molar-refractivity contribution < 1.29 is 23.9 Å². The molecule has 0 bridgehead atoms. The van der Waals surface area contributed by atoms with Crippen LogP contribution in [0.25, 0.3) is 0 Å². The lowest BCUT2D eigenvalue weighted by Crippen LogP contribution is -2.50. The lowest BCUT2D eigenvalue weighted by atomic mass is 9.93. The van der Waals surface area contributed by atoms with E-state index in [4.69, 9.17) is 4.74 Å². The summed E-state index contributed by atoms with van der Waals surface area (Å²) in [7, 11) is 0. The van der Waals surface area contributed by atoms with E-state index < -0.39 is 36.0 Å². The third-order valence-corrected chi connectivity index (χ3v) is 5.08. The third-order valence-electron chi connectivity index (χ3n) is 5.08. The molecule has 1 aliphatic rings. The predicted molar refractivity (Wildman–Crippen MR) is 112 cm³/mol. The van der Waals surface area contributed by atoms with Crippen molar-refractivity contribution in [1.82, 2.24) is 15.8 Å². The van der Waals surface area contributed by atoms with Crippen molar-refractivity contribution in [2.24, 2.45) is 0 Å². The molecule has 2 aromatic carbocycles. The highest BCUT2D eigenvalue weighted by Crippen LogP contribution is 2.22. The van der Waals surface area contributed by atoms with Crippen LogP contribution in [-0.4, -0.2) is 41.0 Å². The van der Waals surface area contributed by atoms with Crippen LogP contribution in [0.4, 0.5) is 4.79 Å². The number of ether oxygens (including phenoxy) is 1. The summed E-state index contributed by atoms with van der Waals surface area (Å²) in [5.41, 5.74) is 3.11. The Kier molecular flexibility index (Phi) is 7.02. The number of urea groups is 1. The molecule has 1 saturated heterocycles. The van der Waals surface area contributed by atoms with E-state index in [1.165, 1.54) is 0 Å². The van der Waals surface area contributed by atoms with E-state index in [9.17, 15) is 19.2 Å². The zero-order valence-electron chi connectivity index (χ0n) is 17.3. The highest BCUT2D eigenvalue weighted by molar-refractivity contribution is 6.07. The van der Waals surface area contributed by atoms with Crippen LogP contribution >= 0.6 is 0 Å². The molecule has 1 atom stereocenters. The molecule has 4 amide bonds. The van der Waals surface area contributed by atoms with E-state index in [2.05, 4.69) is 10.7 Å². The SMILES string of the molecule is C[C@@]1(CCc2ccccc2)NC(=O)N(NC(=O)COC(=O)CCc2ccccc2)C1=O. The van der Waals surface area contributed by atoms with Gasteiger partial charge in [0.05, 0.1) is 0 Å². The Labute approximate surface area is 180 Å². The Morgan fingerprint density at radius 3 is 2.16 bits per heavy atom. The minimum atomic E-state index is -1.13. The topological polar surface area (TPSA) is 105 Å². The molecule has 8 nitrogen and oxygen atoms in total. The van der Waals surface area contributed by atoms with Crippen molar-refractivity contribution in [3.8, 4) is 0 Å². The molecule has 0 spiro atoms. The number of amides is 4. The molecule has 3 rings (SSSR count). The number of rotatable bonds is 9. The maximum absolute atomic E-state index is 12.7. The maximum atomic E-state index is 12.7. The second kappa shape index (κ2) is 9.88. The summed E-state index contributed by atoms with van der Waals surface area (Å²) in [4.78, 5) is 48.9. The molecule has 162 valence electrons. The minimum Gasteiger partial charge on any atom is -0.455 e.